The van der Waals surface area contributed by atoms with E-state index in [1.54, 1.807) is 0 Å². The van der Waals surface area contributed by atoms with Gasteiger partial charge in [-0.2, -0.15) is 4.98 Å². The molecule has 5 N–H and O–H groups in total. The number of aromatic nitrogens is 3. The normalized spacial score (nSPS) is 27.9. The molecule has 18 nitrogen and oxygen atoms in total. The molecular formula is C11H13N4O14P3-4. The number of rotatable bonds is 8. The van der Waals surface area contributed by atoms with Crippen LogP contribution in [-0.4, -0.2) is 49.7 Å². The molecular weight excluding hydrogens is 505 g/mol. The zero-order valence-electron chi connectivity index (χ0n) is 15.3. The van der Waals surface area contributed by atoms with Crippen molar-refractivity contribution in [3.05, 3.63) is 22.6 Å². The largest absolute Gasteiger partial charge is 0.790 e. The van der Waals surface area contributed by atoms with Gasteiger partial charge < -0.3 is 53.9 Å². The molecule has 3 heterocycles. The van der Waals surface area contributed by atoms with Crippen LogP contribution in [0.3, 0.4) is 0 Å². The molecule has 0 spiro atoms. The van der Waals surface area contributed by atoms with Crippen molar-refractivity contribution in [2.45, 2.75) is 24.5 Å². The third-order valence-corrected chi connectivity index (χ3v) is 7.67. The van der Waals surface area contributed by atoms with Crippen LogP contribution >= 0.6 is 23.5 Å². The summed E-state index contributed by atoms with van der Waals surface area (Å²) in [5, 5.41) is 20.4. The standard InChI is InChI=1S/C11H17N4O14P3/c12-11-13-8-4(9(18)14-11)1-2-15(8)10-7(17)6(16)5(27-10)3-26-31(22,23)29-32(24,25)28-30(19,20)21/h1-2,5-7,10,16-17H,3H2,(H,22,23)(H,24,25)(H2,19,20,21)(H3,12,13,14,18)/p-4. The second-order valence-corrected chi connectivity index (χ2v) is 10.5. The van der Waals surface area contributed by atoms with E-state index in [1.807, 2.05) is 0 Å². The highest BCUT2D eigenvalue weighted by Gasteiger charge is 2.44. The maximum absolute atomic E-state index is 11.9. The lowest BCUT2D eigenvalue weighted by molar-refractivity contribution is -0.339. The Bertz CT molecular complexity index is 1210. The Kier molecular flexibility index (Phi) is 6.83. The lowest BCUT2D eigenvalue weighted by Gasteiger charge is -2.37. The quantitative estimate of drug-likeness (QED) is 0.240. The van der Waals surface area contributed by atoms with Gasteiger partial charge in [0.05, 0.1) is 19.8 Å². The summed E-state index contributed by atoms with van der Waals surface area (Å²) in [6.07, 6.45) is -5.20. The third kappa shape index (κ3) is 5.70. The summed E-state index contributed by atoms with van der Waals surface area (Å²) in [7, 11) is -18.1. The number of fused-ring (bicyclic) bond motifs is 1. The summed E-state index contributed by atoms with van der Waals surface area (Å²) < 4.78 is 50.2. The minimum atomic E-state index is -6.16. The number of H-pyrrole nitrogens is 1. The monoisotopic (exact) mass is 518 g/mol. The topological polar surface area (TPSA) is 298 Å². The van der Waals surface area contributed by atoms with Crippen molar-refractivity contribution in [3.63, 3.8) is 0 Å². The molecule has 0 aromatic carbocycles. The zero-order chi connectivity index (χ0) is 24.1. The van der Waals surface area contributed by atoms with Gasteiger partial charge in [-0.1, -0.05) is 0 Å². The van der Waals surface area contributed by atoms with E-state index >= 15 is 0 Å². The first-order valence-electron chi connectivity index (χ1n) is 8.18. The number of nitrogens with one attached hydrogen (secondary N) is 1. The number of hydrogen-bond donors (Lipinski definition) is 4. The van der Waals surface area contributed by atoms with Gasteiger partial charge in [-0.25, -0.2) is 4.31 Å². The Balaban J connectivity index is 1.72. The van der Waals surface area contributed by atoms with Gasteiger partial charge >= 0.3 is 0 Å². The molecule has 0 bridgehead atoms. The van der Waals surface area contributed by atoms with E-state index in [0.717, 1.165) is 4.57 Å². The summed E-state index contributed by atoms with van der Waals surface area (Å²) in [5.41, 5.74) is 4.84. The Labute approximate surface area is 176 Å². The highest BCUT2D eigenvalue weighted by atomic mass is 31.3. The van der Waals surface area contributed by atoms with E-state index in [4.69, 9.17) is 10.5 Å². The van der Waals surface area contributed by atoms with E-state index in [9.17, 15) is 48.3 Å². The second kappa shape index (κ2) is 8.70. The van der Waals surface area contributed by atoms with Crippen LogP contribution in [-0.2, 0) is 31.6 Å². The first-order valence-corrected chi connectivity index (χ1v) is 12.6. The number of aliphatic hydroxyl groups is 2. The Hall–Kier alpha value is -1.49. The van der Waals surface area contributed by atoms with E-state index in [1.165, 1.54) is 12.3 Å². The number of anilines is 1. The molecule has 6 unspecified atom stereocenters. The summed E-state index contributed by atoms with van der Waals surface area (Å²) >= 11 is 0. The maximum atomic E-state index is 11.9. The lowest BCUT2D eigenvalue weighted by Crippen LogP contribution is -2.34. The minimum Gasteiger partial charge on any atom is -0.790 e. The number of nitrogens with two attached hydrogens (primary N) is 1. The summed E-state index contributed by atoms with van der Waals surface area (Å²) in [5.74, 6) is -0.259. The lowest BCUT2D eigenvalue weighted by atomic mass is 10.1. The molecule has 3 rings (SSSR count). The summed E-state index contributed by atoms with van der Waals surface area (Å²) in [6, 6.07) is 1.31. The molecule has 21 heteroatoms. The Morgan fingerprint density at radius 2 is 1.81 bits per heavy atom. The van der Waals surface area contributed by atoms with Gasteiger partial charge in [0.2, 0.25) is 5.95 Å². The third-order valence-electron chi connectivity index (χ3n) is 4.01. The molecule has 32 heavy (non-hydrogen) atoms. The van der Waals surface area contributed by atoms with Crippen LogP contribution < -0.4 is 30.9 Å². The van der Waals surface area contributed by atoms with Gasteiger partial charge in [-0.3, -0.25) is 23.2 Å². The fourth-order valence-corrected chi connectivity index (χ4v) is 5.68. The first-order chi connectivity index (χ1) is 14.6. The fraction of sp³-hybridized carbons (Fsp3) is 0.455. The predicted molar refractivity (Wildman–Crippen MR) is 91.6 cm³/mol. The van der Waals surface area contributed by atoms with Crippen LogP contribution in [0.4, 0.5) is 5.95 Å². The molecule has 1 aliphatic rings. The molecule has 0 amide bonds. The highest BCUT2D eigenvalue weighted by Crippen LogP contribution is 2.60. The van der Waals surface area contributed by atoms with E-state index < -0.39 is 60.2 Å². The van der Waals surface area contributed by atoms with Gasteiger partial charge in [0.1, 0.15) is 18.3 Å². The number of nitrogens with zero attached hydrogens (tertiary/aromatic N) is 2. The van der Waals surface area contributed by atoms with Crippen LogP contribution in [0.15, 0.2) is 17.1 Å². The summed E-state index contributed by atoms with van der Waals surface area (Å²) in [4.78, 5) is 61.4. The first kappa shape index (κ1) is 25.1. The van der Waals surface area contributed by atoms with Crippen LogP contribution in [0.25, 0.3) is 11.0 Å². The predicted octanol–water partition coefficient (Wildman–Crippen LogP) is -4.26. The number of hydrogen-bond acceptors (Lipinski definition) is 16. The van der Waals surface area contributed by atoms with Crippen molar-refractivity contribution in [2.75, 3.05) is 12.3 Å². The molecule has 6 atom stereocenters. The highest BCUT2D eigenvalue weighted by molar-refractivity contribution is 7.64. The Morgan fingerprint density at radius 3 is 2.44 bits per heavy atom. The van der Waals surface area contributed by atoms with Crippen LogP contribution in [0.5, 0.6) is 0 Å². The second-order valence-electron chi connectivity index (χ2n) is 6.26. The smallest absolute Gasteiger partial charge is 0.278 e. The number of nitrogen functional groups attached to an aromatic ring is 1. The number of phosphoric ester groups is 1. The number of phosphoric acid groups is 3. The molecule has 180 valence electrons. The molecule has 1 saturated heterocycles. The van der Waals surface area contributed by atoms with Crippen molar-refractivity contribution in [1.82, 2.24) is 14.5 Å². The number of ether oxygens (including phenoxy) is 1. The van der Waals surface area contributed by atoms with Crippen LogP contribution in [0, 0.1) is 0 Å². The molecule has 0 radical (unpaired) electrons. The maximum Gasteiger partial charge on any atom is 0.278 e. The molecule has 1 aliphatic heterocycles. The molecule has 0 aliphatic carbocycles. The Morgan fingerprint density at radius 1 is 1.16 bits per heavy atom. The molecule has 2 aromatic heterocycles. The van der Waals surface area contributed by atoms with Gasteiger partial charge in [0.15, 0.2) is 11.9 Å². The van der Waals surface area contributed by atoms with Crippen molar-refractivity contribution < 1.29 is 61.4 Å². The van der Waals surface area contributed by atoms with Gasteiger partial charge in [-0.15, -0.1) is 0 Å². The minimum absolute atomic E-state index is 0.0361. The molecule has 1 fully saturated rings. The van der Waals surface area contributed by atoms with Crippen molar-refractivity contribution in [1.29, 1.82) is 0 Å². The van der Waals surface area contributed by atoms with E-state index in [-0.39, 0.29) is 17.0 Å². The van der Waals surface area contributed by atoms with Crippen molar-refractivity contribution in [2.24, 2.45) is 0 Å². The average Bonchev–Trinajstić information content (AvgIpc) is 3.12. The number of aromatic amines is 1. The average molecular weight is 518 g/mol. The zero-order valence-corrected chi connectivity index (χ0v) is 18.0. The van der Waals surface area contributed by atoms with Crippen molar-refractivity contribution >= 4 is 40.4 Å². The SMILES string of the molecule is Nc1nc2c(ccn2C2OC(COP(=O)([O-])OP(=O)([O-])OP(=O)([O-])[O-])C(O)C2O)c(=O)[nH]1. The van der Waals surface area contributed by atoms with Crippen LogP contribution in [0.2, 0.25) is 0 Å². The van der Waals surface area contributed by atoms with E-state index in [2.05, 4.69) is 23.1 Å². The molecule has 2 aromatic rings. The van der Waals surface area contributed by atoms with E-state index in [0.29, 0.717) is 0 Å². The fourth-order valence-electron chi connectivity index (χ4n) is 2.81. The number of aliphatic hydroxyl groups excluding tert-OH is 2. The van der Waals surface area contributed by atoms with Gasteiger partial charge in [0, 0.05) is 6.20 Å². The van der Waals surface area contributed by atoms with Gasteiger partial charge in [0.25, 0.3) is 21.2 Å². The summed E-state index contributed by atoms with van der Waals surface area (Å²) in [6.45, 7) is -1.11. The van der Waals surface area contributed by atoms with Crippen LogP contribution in [0.1, 0.15) is 6.23 Å². The molecule has 0 saturated carbocycles. The van der Waals surface area contributed by atoms with Crippen molar-refractivity contribution in [3.8, 4) is 0 Å². The van der Waals surface area contributed by atoms with Gasteiger partial charge in [-0.05, 0) is 6.07 Å².